The molecule has 0 aliphatic carbocycles. The Bertz CT molecular complexity index is 1670. The molecule has 0 radical (unpaired) electrons. The van der Waals surface area contributed by atoms with Crippen molar-refractivity contribution >= 4 is 46.5 Å². The van der Waals surface area contributed by atoms with Crippen LogP contribution in [0.15, 0.2) is 91.0 Å². The average Bonchev–Trinajstić information content (AvgIpc) is 3.02. The summed E-state index contributed by atoms with van der Waals surface area (Å²) in [7, 11) is 0. The van der Waals surface area contributed by atoms with E-state index in [2.05, 4.69) is 21.3 Å². The van der Waals surface area contributed by atoms with E-state index in [0.29, 0.717) is 52.9 Å². The molecule has 12 heteroatoms. The number of carbonyl (C=O) groups is 3. The predicted octanol–water partition coefficient (Wildman–Crippen LogP) is 5.90. The molecule has 3 amide bonds. The maximum atomic E-state index is 12.8. The molecule has 0 saturated carbocycles. The molecule has 4 aromatic carbocycles. The van der Waals surface area contributed by atoms with E-state index < -0.39 is 12.0 Å². The van der Waals surface area contributed by atoms with Crippen LogP contribution in [0, 0.1) is 5.41 Å². The minimum absolute atomic E-state index is 0.0374. The van der Waals surface area contributed by atoms with Gasteiger partial charge in [-0.2, -0.15) is 0 Å². The Labute approximate surface area is 260 Å². The van der Waals surface area contributed by atoms with Crippen molar-refractivity contribution in [2.45, 2.75) is 19.9 Å². The summed E-state index contributed by atoms with van der Waals surface area (Å²) < 4.78 is 11.1. The van der Waals surface area contributed by atoms with E-state index in [1.807, 2.05) is 37.3 Å². The summed E-state index contributed by atoms with van der Waals surface area (Å²) in [6.45, 7) is 4.07. The van der Waals surface area contributed by atoms with Crippen molar-refractivity contribution in [3.8, 4) is 11.5 Å². The summed E-state index contributed by atoms with van der Waals surface area (Å²) >= 11 is 0. The minimum atomic E-state index is -0.833. The number of ether oxygens (including phenoxy) is 2. The van der Waals surface area contributed by atoms with Crippen molar-refractivity contribution in [3.05, 3.63) is 108 Å². The zero-order valence-corrected chi connectivity index (χ0v) is 24.7. The predicted molar refractivity (Wildman–Crippen MR) is 174 cm³/mol. The van der Waals surface area contributed by atoms with Gasteiger partial charge in [0.25, 0.3) is 11.9 Å². The van der Waals surface area contributed by atoms with Gasteiger partial charge in [0.1, 0.15) is 19.0 Å². The molecule has 0 saturated heterocycles. The number of nitrogen functional groups attached to an aromatic ring is 1. The molecule has 4 aromatic rings. The van der Waals surface area contributed by atoms with Crippen molar-refractivity contribution < 1.29 is 29.0 Å². The lowest BCUT2D eigenvalue weighted by molar-refractivity contribution is -0.134. The molecule has 45 heavy (non-hydrogen) atoms. The first kappa shape index (κ1) is 31.9. The van der Waals surface area contributed by atoms with Gasteiger partial charge in [0, 0.05) is 41.5 Å². The number of benzene rings is 4. The molecule has 1 unspecified atom stereocenters. The van der Waals surface area contributed by atoms with Crippen LogP contribution in [0.4, 0.5) is 27.5 Å². The SMILES string of the molecule is CC(=O)O.CC(Nc1ccccc1NC(=O)Nc1ccc(C(=N)N)cc1)c1ccc(C(=O)Nc2ccc3c(c2)OCCO3)cc1. The molecule has 1 aliphatic heterocycles. The Balaban J connectivity index is 0.00000109. The third-order valence-corrected chi connectivity index (χ3v) is 6.47. The Morgan fingerprint density at radius 2 is 1.36 bits per heavy atom. The lowest BCUT2D eigenvalue weighted by atomic mass is 10.0. The Kier molecular flexibility index (Phi) is 10.6. The van der Waals surface area contributed by atoms with Crippen LogP contribution in [0.3, 0.4) is 0 Å². The third kappa shape index (κ3) is 9.22. The summed E-state index contributed by atoms with van der Waals surface area (Å²) in [5, 5.41) is 26.9. The van der Waals surface area contributed by atoms with E-state index in [4.69, 9.17) is 30.5 Å². The topological polar surface area (TPSA) is 188 Å². The monoisotopic (exact) mass is 610 g/mol. The second-order valence-corrected chi connectivity index (χ2v) is 9.94. The fourth-order valence-electron chi connectivity index (χ4n) is 4.30. The standard InChI is InChI=1S/C31H30N6O4.C2H4O2/c1-19(20-6-8-22(9-7-20)30(38)35-24-14-15-27-28(18-24)41-17-16-40-27)34-25-4-2-3-5-26(25)37-31(39)36-23-12-10-21(11-13-23)29(32)33;1-2(3)4/h2-15,18-19,34H,16-17H2,1H3,(H3,32,33)(H,35,38)(H2,36,37,39);1H3,(H,3,4). The van der Waals surface area contributed by atoms with Gasteiger partial charge >= 0.3 is 6.03 Å². The Hall–Kier alpha value is -6.04. The van der Waals surface area contributed by atoms with Gasteiger partial charge in [-0.25, -0.2) is 4.79 Å². The molecule has 0 aromatic heterocycles. The number of carboxylic acids is 1. The largest absolute Gasteiger partial charge is 0.486 e. The van der Waals surface area contributed by atoms with Crippen LogP contribution in [0.5, 0.6) is 11.5 Å². The van der Waals surface area contributed by atoms with Crippen molar-refractivity contribution in [2.75, 3.05) is 34.5 Å². The number of hydrogen-bond acceptors (Lipinski definition) is 7. The zero-order chi connectivity index (χ0) is 32.3. The summed E-state index contributed by atoms with van der Waals surface area (Å²) in [4.78, 5) is 34.5. The van der Waals surface area contributed by atoms with Gasteiger partial charge in [-0.05, 0) is 73.2 Å². The van der Waals surface area contributed by atoms with Gasteiger partial charge in [0.2, 0.25) is 0 Å². The molecule has 1 heterocycles. The van der Waals surface area contributed by atoms with Gasteiger partial charge in [-0.3, -0.25) is 15.0 Å². The summed E-state index contributed by atoms with van der Waals surface area (Å²) in [6, 6.07) is 26.2. The number of urea groups is 1. The number of aliphatic carboxylic acids is 1. The first-order valence-electron chi connectivity index (χ1n) is 14.0. The van der Waals surface area contributed by atoms with Crippen LogP contribution in [-0.4, -0.2) is 42.1 Å². The summed E-state index contributed by atoms with van der Waals surface area (Å²) in [5.41, 5.74) is 10.1. The highest BCUT2D eigenvalue weighted by molar-refractivity contribution is 6.04. The van der Waals surface area contributed by atoms with E-state index in [1.54, 1.807) is 60.7 Å². The van der Waals surface area contributed by atoms with Crippen molar-refractivity contribution in [3.63, 3.8) is 0 Å². The molecule has 1 atom stereocenters. The molecule has 232 valence electrons. The number of para-hydroxylation sites is 2. The van der Waals surface area contributed by atoms with Gasteiger partial charge in [0.15, 0.2) is 11.5 Å². The highest BCUT2D eigenvalue weighted by Crippen LogP contribution is 2.33. The molecule has 0 fully saturated rings. The maximum Gasteiger partial charge on any atom is 0.323 e. The molecular formula is C33H34N6O6. The lowest BCUT2D eigenvalue weighted by Crippen LogP contribution is -2.21. The van der Waals surface area contributed by atoms with Gasteiger partial charge in [-0.15, -0.1) is 0 Å². The Morgan fingerprint density at radius 1 is 0.778 bits per heavy atom. The lowest BCUT2D eigenvalue weighted by Gasteiger charge is -2.20. The first-order valence-corrected chi connectivity index (χ1v) is 14.0. The number of hydrogen-bond donors (Lipinski definition) is 7. The fraction of sp³-hybridized carbons (Fsp3) is 0.152. The number of nitrogens with two attached hydrogens (primary N) is 1. The van der Waals surface area contributed by atoms with E-state index in [1.165, 1.54) is 0 Å². The van der Waals surface area contributed by atoms with Crippen LogP contribution in [-0.2, 0) is 4.79 Å². The number of carbonyl (C=O) groups excluding carboxylic acids is 2. The molecule has 5 rings (SSSR count). The molecule has 8 N–H and O–H groups in total. The number of fused-ring (bicyclic) bond motifs is 1. The van der Waals surface area contributed by atoms with Crippen LogP contribution < -0.4 is 36.5 Å². The molecule has 0 spiro atoms. The quantitative estimate of drug-likeness (QED) is 0.0948. The minimum Gasteiger partial charge on any atom is -0.486 e. The normalized spacial score (nSPS) is 12.0. The number of anilines is 4. The van der Waals surface area contributed by atoms with Gasteiger partial charge in [-0.1, -0.05) is 24.3 Å². The van der Waals surface area contributed by atoms with Gasteiger partial charge in [0.05, 0.1) is 11.4 Å². The second-order valence-electron chi connectivity index (χ2n) is 9.94. The Morgan fingerprint density at radius 3 is 2.00 bits per heavy atom. The number of amides is 3. The molecular weight excluding hydrogens is 576 g/mol. The van der Waals surface area contributed by atoms with Crippen LogP contribution >= 0.6 is 0 Å². The van der Waals surface area contributed by atoms with Crippen molar-refractivity contribution in [1.82, 2.24) is 0 Å². The fourth-order valence-corrected chi connectivity index (χ4v) is 4.30. The van der Waals surface area contributed by atoms with Gasteiger partial charge < -0.3 is 41.6 Å². The van der Waals surface area contributed by atoms with E-state index in [0.717, 1.165) is 18.2 Å². The van der Waals surface area contributed by atoms with Crippen LogP contribution in [0.1, 0.15) is 41.4 Å². The number of amidine groups is 1. The van der Waals surface area contributed by atoms with E-state index >= 15 is 0 Å². The third-order valence-electron chi connectivity index (χ3n) is 6.47. The highest BCUT2D eigenvalue weighted by atomic mass is 16.6. The average molecular weight is 611 g/mol. The number of rotatable bonds is 8. The maximum absolute atomic E-state index is 12.8. The number of nitrogens with one attached hydrogen (secondary N) is 5. The van der Waals surface area contributed by atoms with Crippen LogP contribution in [0.2, 0.25) is 0 Å². The molecule has 1 aliphatic rings. The van der Waals surface area contributed by atoms with E-state index in [9.17, 15) is 9.59 Å². The molecule has 12 nitrogen and oxygen atoms in total. The van der Waals surface area contributed by atoms with Crippen LogP contribution in [0.25, 0.3) is 0 Å². The smallest absolute Gasteiger partial charge is 0.323 e. The highest BCUT2D eigenvalue weighted by Gasteiger charge is 2.15. The molecule has 0 bridgehead atoms. The van der Waals surface area contributed by atoms with E-state index in [-0.39, 0.29) is 17.8 Å². The zero-order valence-electron chi connectivity index (χ0n) is 24.7. The van der Waals surface area contributed by atoms with Crippen molar-refractivity contribution in [2.24, 2.45) is 5.73 Å². The first-order chi connectivity index (χ1) is 21.6. The summed E-state index contributed by atoms with van der Waals surface area (Å²) in [5.74, 6) is 0.174. The number of carboxylic acid groups (broad SMARTS) is 1. The summed E-state index contributed by atoms with van der Waals surface area (Å²) in [6.07, 6.45) is 0. The van der Waals surface area contributed by atoms with Crippen molar-refractivity contribution in [1.29, 1.82) is 5.41 Å². The second kappa shape index (κ2) is 14.9.